The van der Waals surface area contributed by atoms with Crippen LogP contribution < -0.4 is 15.8 Å². The van der Waals surface area contributed by atoms with Gasteiger partial charge in [-0.25, -0.2) is 4.98 Å². The van der Waals surface area contributed by atoms with E-state index in [1.54, 1.807) is 31.7 Å². The summed E-state index contributed by atoms with van der Waals surface area (Å²) in [5, 5.41) is 3.50. The molecular weight excluding hydrogens is 318 g/mol. The smallest absolute Gasteiger partial charge is 0.293 e. The minimum atomic E-state index is -0.163. The Kier molecular flexibility index (Phi) is 4.38. The van der Waals surface area contributed by atoms with Crippen molar-refractivity contribution in [3.8, 4) is 0 Å². The molecule has 0 aliphatic carbocycles. The molecule has 0 atom stereocenters. The van der Waals surface area contributed by atoms with Crippen LogP contribution in [0.5, 0.6) is 0 Å². The van der Waals surface area contributed by atoms with Crippen molar-refractivity contribution >= 4 is 23.3 Å². The van der Waals surface area contributed by atoms with Crippen molar-refractivity contribution in [2.75, 3.05) is 18.0 Å². The maximum atomic E-state index is 12.1. The largest absolute Gasteiger partial charge is 0.356 e. The molecule has 7 nitrogen and oxygen atoms in total. The summed E-state index contributed by atoms with van der Waals surface area (Å²) < 4.78 is 1.52. The van der Waals surface area contributed by atoms with E-state index < -0.39 is 0 Å². The maximum absolute atomic E-state index is 12.1. The standard InChI is InChI=1S/C15H18ClN5O2/c1-20-7-4-17-13(15(20)23)21-5-2-11(3-6-21)19-14(22)12-8-10(16)9-18-12/h4,7-9,11,18H,2-3,5-6H2,1H3,(H,19,22). The zero-order valence-electron chi connectivity index (χ0n) is 12.8. The summed E-state index contributed by atoms with van der Waals surface area (Å²) in [5.41, 5.74) is 0.354. The van der Waals surface area contributed by atoms with Gasteiger partial charge in [-0.3, -0.25) is 9.59 Å². The van der Waals surface area contributed by atoms with E-state index in [0.29, 0.717) is 29.6 Å². The highest BCUT2D eigenvalue weighted by molar-refractivity contribution is 6.30. The van der Waals surface area contributed by atoms with Crippen LogP contribution in [0.4, 0.5) is 5.82 Å². The molecule has 0 radical (unpaired) electrons. The van der Waals surface area contributed by atoms with E-state index in [4.69, 9.17) is 11.6 Å². The Hall–Kier alpha value is -2.28. The first-order valence-electron chi connectivity index (χ1n) is 7.46. The number of hydrogen-bond acceptors (Lipinski definition) is 4. The zero-order valence-corrected chi connectivity index (χ0v) is 13.5. The predicted molar refractivity (Wildman–Crippen MR) is 88.0 cm³/mol. The normalized spacial score (nSPS) is 15.7. The molecule has 122 valence electrons. The third-order valence-electron chi connectivity index (χ3n) is 4.02. The first kappa shape index (κ1) is 15.6. The first-order chi connectivity index (χ1) is 11.0. The van der Waals surface area contributed by atoms with Crippen molar-refractivity contribution in [1.29, 1.82) is 0 Å². The van der Waals surface area contributed by atoms with Gasteiger partial charge in [0.25, 0.3) is 11.5 Å². The molecule has 0 bridgehead atoms. The number of aromatic nitrogens is 3. The molecule has 0 saturated carbocycles. The zero-order chi connectivity index (χ0) is 16.4. The number of amides is 1. The number of aryl methyl sites for hydroxylation is 1. The lowest BCUT2D eigenvalue weighted by atomic mass is 10.0. The molecule has 0 aromatic carbocycles. The number of aromatic amines is 1. The second kappa shape index (κ2) is 6.45. The Bertz CT molecular complexity index is 761. The van der Waals surface area contributed by atoms with Crippen LogP contribution in [-0.2, 0) is 7.05 Å². The lowest BCUT2D eigenvalue weighted by molar-refractivity contribution is 0.0926. The second-order valence-electron chi connectivity index (χ2n) is 5.63. The summed E-state index contributed by atoms with van der Waals surface area (Å²) in [6.07, 6.45) is 6.37. The summed E-state index contributed by atoms with van der Waals surface area (Å²) in [6.45, 7) is 1.37. The van der Waals surface area contributed by atoms with Gasteiger partial charge >= 0.3 is 0 Å². The van der Waals surface area contributed by atoms with Crippen LogP contribution in [0.3, 0.4) is 0 Å². The third kappa shape index (κ3) is 3.39. The van der Waals surface area contributed by atoms with Gasteiger partial charge in [-0.15, -0.1) is 0 Å². The van der Waals surface area contributed by atoms with Crippen LogP contribution in [0, 0.1) is 0 Å². The molecule has 1 aliphatic rings. The highest BCUT2D eigenvalue weighted by Crippen LogP contribution is 2.15. The van der Waals surface area contributed by atoms with Crippen LogP contribution in [0.25, 0.3) is 0 Å². The maximum Gasteiger partial charge on any atom is 0.293 e. The SMILES string of the molecule is Cn1ccnc(N2CCC(NC(=O)c3cc(Cl)c[nH]3)CC2)c1=O. The van der Waals surface area contributed by atoms with Crippen LogP contribution >= 0.6 is 11.6 Å². The number of anilines is 1. The van der Waals surface area contributed by atoms with Crippen LogP contribution in [0.1, 0.15) is 23.3 Å². The fourth-order valence-electron chi connectivity index (χ4n) is 2.70. The molecule has 1 saturated heterocycles. The van der Waals surface area contributed by atoms with Gasteiger partial charge in [-0.05, 0) is 18.9 Å². The summed E-state index contributed by atoms with van der Waals surface area (Å²) in [7, 11) is 1.71. The molecule has 3 heterocycles. The van der Waals surface area contributed by atoms with Crippen molar-refractivity contribution in [3.05, 3.63) is 45.7 Å². The number of carbonyl (C=O) groups excluding carboxylic acids is 1. The molecule has 2 aromatic heterocycles. The van der Waals surface area contributed by atoms with E-state index in [1.165, 1.54) is 4.57 Å². The van der Waals surface area contributed by atoms with Gasteiger partial charge in [0.1, 0.15) is 5.69 Å². The van der Waals surface area contributed by atoms with Gasteiger partial charge in [-0.2, -0.15) is 0 Å². The van der Waals surface area contributed by atoms with Crippen molar-refractivity contribution in [2.24, 2.45) is 7.05 Å². The number of hydrogen-bond donors (Lipinski definition) is 2. The molecule has 2 N–H and O–H groups in total. The van der Waals surface area contributed by atoms with E-state index in [9.17, 15) is 9.59 Å². The predicted octanol–water partition coefficient (Wildman–Crippen LogP) is 1.16. The highest BCUT2D eigenvalue weighted by atomic mass is 35.5. The number of H-pyrrole nitrogens is 1. The minimum Gasteiger partial charge on any atom is -0.356 e. The van der Waals surface area contributed by atoms with Crippen molar-refractivity contribution < 1.29 is 4.79 Å². The molecule has 0 spiro atoms. The topological polar surface area (TPSA) is 83.0 Å². The molecular formula is C15H18ClN5O2. The Labute approximate surface area is 138 Å². The number of halogens is 1. The van der Waals surface area contributed by atoms with Crippen molar-refractivity contribution in [2.45, 2.75) is 18.9 Å². The lowest BCUT2D eigenvalue weighted by Gasteiger charge is -2.32. The molecule has 0 unspecified atom stereocenters. The van der Waals surface area contributed by atoms with E-state index in [2.05, 4.69) is 15.3 Å². The molecule has 8 heteroatoms. The molecule has 3 rings (SSSR count). The van der Waals surface area contributed by atoms with Gasteiger partial charge in [0, 0.05) is 44.8 Å². The molecule has 1 amide bonds. The number of piperidine rings is 1. The van der Waals surface area contributed by atoms with Crippen molar-refractivity contribution in [1.82, 2.24) is 19.9 Å². The fraction of sp³-hybridized carbons (Fsp3) is 0.400. The Morgan fingerprint density at radius 3 is 2.83 bits per heavy atom. The van der Waals surface area contributed by atoms with E-state index in [-0.39, 0.29) is 17.5 Å². The monoisotopic (exact) mass is 335 g/mol. The van der Waals surface area contributed by atoms with Crippen molar-refractivity contribution in [3.63, 3.8) is 0 Å². The second-order valence-corrected chi connectivity index (χ2v) is 6.07. The minimum absolute atomic E-state index is 0.0772. The van der Waals surface area contributed by atoms with Gasteiger partial charge in [-0.1, -0.05) is 11.6 Å². The van der Waals surface area contributed by atoms with E-state index in [1.807, 2.05) is 4.90 Å². The summed E-state index contributed by atoms with van der Waals surface area (Å²) in [4.78, 5) is 33.2. The Morgan fingerprint density at radius 2 is 2.17 bits per heavy atom. The molecule has 2 aromatic rings. The van der Waals surface area contributed by atoms with Crippen LogP contribution in [0.2, 0.25) is 5.02 Å². The van der Waals surface area contributed by atoms with E-state index >= 15 is 0 Å². The summed E-state index contributed by atoms with van der Waals surface area (Å²) in [5.74, 6) is 0.306. The molecule has 1 aliphatic heterocycles. The Morgan fingerprint density at radius 1 is 1.43 bits per heavy atom. The number of carbonyl (C=O) groups is 1. The first-order valence-corrected chi connectivity index (χ1v) is 7.84. The molecule has 23 heavy (non-hydrogen) atoms. The number of rotatable bonds is 3. The fourth-order valence-corrected chi connectivity index (χ4v) is 2.86. The van der Waals surface area contributed by atoms with Crippen LogP contribution in [0.15, 0.2) is 29.5 Å². The highest BCUT2D eigenvalue weighted by Gasteiger charge is 2.24. The van der Waals surface area contributed by atoms with E-state index in [0.717, 1.165) is 12.8 Å². The molecule has 1 fully saturated rings. The Balaban J connectivity index is 1.59. The van der Waals surface area contributed by atoms with Crippen LogP contribution in [-0.4, -0.2) is 39.6 Å². The van der Waals surface area contributed by atoms with Gasteiger partial charge in [0.2, 0.25) is 0 Å². The van der Waals surface area contributed by atoms with Gasteiger partial charge in [0.05, 0.1) is 5.02 Å². The number of nitrogens with one attached hydrogen (secondary N) is 2. The summed E-state index contributed by atoms with van der Waals surface area (Å²) >= 11 is 5.81. The lowest BCUT2D eigenvalue weighted by Crippen LogP contribution is -2.46. The van der Waals surface area contributed by atoms with Gasteiger partial charge in [0.15, 0.2) is 5.82 Å². The van der Waals surface area contributed by atoms with Gasteiger partial charge < -0.3 is 19.8 Å². The average molecular weight is 336 g/mol. The summed E-state index contributed by atoms with van der Waals surface area (Å²) in [6, 6.07) is 1.68. The quantitative estimate of drug-likeness (QED) is 0.881. The average Bonchev–Trinajstić information content (AvgIpc) is 2.98. The number of nitrogens with zero attached hydrogens (tertiary/aromatic N) is 3. The third-order valence-corrected chi connectivity index (χ3v) is 4.24.